The standard InChI is InChI=1S/C16H15ClINO3/c1-21-14-7-10(12(17)8-15(14)22-2)9-19-16(20)11-5-3-4-6-13(11)18/h3-8H,9H2,1-2H3,(H,19,20). The predicted molar refractivity (Wildman–Crippen MR) is 94.9 cm³/mol. The van der Waals surface area contributed by atoms with Crippen LogP contribution in [0.5, 0.6) is 11.5 Å². The van der Waals surface area contributed by atoms with Crippen molar-refractivity contribution < 1.29 is 14.3 Å². The summed E-state index contributed by atoms with van der Waals surface area (Å²) < 4.78 is 11.3. The smallest absolute Gasteiger partial charge is 0.252 e. The molecule has 0 unspecified atom stereocenters. The van der Waals surface area contributed by atoms with E-state index in [9.17, 15) is 4.79 Å². The van der Waals surface area contributed by atoms with Crippen LogP contribution in [-0.2, 0) is 6.54 Å². The van der Waals surface area contributed by atoms with E-state index in [0.717, 1.165) is 9.13 Å². The second kappa shape index (κ2) is 7.69. The van der Waals surface area contributed by atoms with Crippen molar-refractivity contribution in [2.75, 3.05) is 14.2 Å². The molecule has 0 aliphatic carbocycles. The zero-order valence-corrected chi connectivity index (χ0v) is 15.1. The zero-order chi connectivity index (χ0) is 16.1. The van der Waals surface area contributed by atoms with Gasteiger partial charge in [0.25, 0.3) is 5.91 Å². The molecular weight excluding hydrogens is 417 g/mol. The first-order chi connectivity index (χ1) is 10.6. The molecule has 0 saturated heterocycles. The molecule has 0 heterocycles. The van der Waals surface area contributed by atoms with Gasteiger partial charge in [-0.3, -0.25) is 4.79 Å². The van der Waals surface area contributed by atoms with Gasteiger partial charge in [0.1, 0.15) is 0 Å². The Kier molecular flexibility index (Phi) is 5.90. The van der Waals surface area contributed by atoms with Crippen molar-refractivity contribution in [3.8, 4) is 11.5 Å². The molecule has 0 aliphatic rings. The maximum Gasteiger partial charge on any atom is 0.252 e. The number of benzene rings is 2. The predicted octanol–water partition coefficient (Wildman–Crippen LogP) is 3.89. The highest BCUT2D eigenvalue weighted by Crippen LogP contribution is 2.33. The number of carbonyl (C=O) groups excluding carboxylic acids is 1. The second-order valence-electron chi connectivity index (χ2n) is 4.46. The first-order valence-corrected chi connectivity index (χ1v) is 7.95. The average molecular weight is 432 g/mol. The van der Waals surface area contributed by atoms with Crippen molar-refractivity contribution in [3.63, 3.8) is 0 Å². The summed E-state index contributed by atoms with van der Waals surface area (Å²) in [5.74, 6) is 0.987. The number of ether oxygens (including phenoxy) is 2. The van der Waals surface area contributed by atoms with Crippen LogP contribution < -0.4 is 14.8 Å². The largest absolute Gasteiger partial charge is 0.493 e. The summed E-state index contributed by atoms with van der Waals surface area (Å²) in [5, 5.41) is 3.38. The quantitative estimate of drug-likeness (QED) is 0.731. The van der Waals surface area contributed by atoms with Crippen LogP contribution in [0.2, 0.25) is 5.02 Å². The van der Waals surface area contributed by atoms with E-state index in [1.807, 2.05) is 18.2 Å². The first-order valence-electron chi connectivity index (χ1n) is 6.50. The van der Waals surface area contributed by atoms with Gasteiger partial charge in [-0.25, -0.2) is 0 Å². The average Bonchev–Trinajstić information content (AvgIpc) is 2.53. The van der Waals surface area contributed by atoms with E-state index in [1.54, 1.807) is 32.4 Å². The van der Waals surface area contributed by atoms with Crippen LogP contribution in [0.1, 0.15) is 15.9 Å². The van der Waals surface area contributed by atoms with Crippen LogP contribution in [0, 0.1) is 3.57 Å². The summed E-state index contributed by atoms with van der Waals surface area (Å²) >= 11 is 8.34. The summed E-state index contributed by atoms with van der Waals surface area (Å²) in [6.07, 6.45) is 0. The fraction of sp³-hybridized carbons (Fsp3) is 0.188. The Morgan fingerprint density at radius 1 is 1.18 bits per heavy atom. The molecule has 0 aliphatic heterocycles. The normalized spacial score (nSPS) is 10.2. The third-order valence-corrected chi connectivity index (χ3v) is 4.40. The SMILES string of the molecule is COc1cc(Cl)c(CNC(=O)c2ccccc2I)cc1OC. The Bertz CT molecular complexity index is 691. The minimum atomic E-state index is -0.143. The molecule has 4 nitrogen and oxygen atoms in total. The van der Waals surface area contributed by atoms with E-state index in [0.29, 0.717) is 28.6 Å². The Morgan fingerprint density at radius 3 is 2.45 bits per heavy atom. The third-order valence-electron chi connectivity index (χ3n) is 3.11. The summed E-state index contributed by atoms with van der Waals surface area (Å²) in [6.45, 7) is 0.309. The van der Waals surface area contributed by atoms with Crippen molar-refractivity contribution in [1.29, 1.82) is 0 Å². The summed E-state index contributed by atoms with van der Waals surface area (Å²) in [7, 11) is 3.10. The molecule has 116 valence electrons. The minimum absolute atomic E-state index is 0.143. The van der Waals surface area contributed by atoms with E-state index in [-0.39, 0.29) is 5.91 Å². The lowest BCUT2D eigenvalue weighted by atomic mass is 10.1. The summed E-state index contributed by atoms with van der Waals surface area (Å²) in [4.78, 5) is 12.2. The molecule has 0 radical (unpaired) electrons. The van der Waals surface area contributed by atoms with E-state index in [1.165, 1.54) is 0 Å². The van der Waals surface area contributed by atoms with Gasteiger partial charge in [0.15, 0.2) is 11.5 Å². The van der Waals surface area contributed by atoms with E-state index < -0.39 is 0 Å². The fourth-order valence-corrected chi connectivity index (χ4v) is 2.80. The number of hydrogen-bond donors (Lipinski definition) is 1. The Balaban J connectivity index is 2.15. The highest BCUT2D eigenvalue weighted by atomic mass is 127. The van der Waals surface area contributed by atoms with Crippen LogP contribution >= 0.6 is 34.2 Å². The topological polar surface area (TPSA) is 47.6 Å². The molecule has 0 saturated carbocycles. The lowest BCUT2D eigenvalue weighted by molar-refractivity contribution is 0.0950. The van der Waals surface area contributed by atoms with Crippen LogP contribution in [0.4, 0.5) is 0 Å². The van der Waals surface area contributed by atoms with Crippen molar-refractivity contribution in [2.45, 2.75) is 6.54 Å². The first kappa shape index (κ1) is 16.9. The molecule has 22 heavy (non-hydrogen) atoms. The van der Waals surface area contributed by atoms with Gasteiger partial charge in [0.2, 0.25) is 0 Å². The van der Waals surface area contributed by atoms with Gasteiger partial charge in [-0.15, -0.1) is 0 Å². The monoisotopic (exact) mass is 431 g/mol. The molecule has 1 amide bonds. The molecule has 0 spiro atoms. The molecule has 0 bridgehead atoms. The second-order valence-corrected chi connectivity index (χ2v) is 6.03. The third kappa shape index (κ3) is 3.84. The van der Waals surface area contributed by atoms with Gasteiger partial charge in [-0.05, 0) is 46.4 Å². The molecule has 0 fully saturated rings. The Labute approximate surface area is 147 Å². The molecule has 2 rings (SSSR count). The van der Waals surface area contributed by atoms with Gasteiger partial charge in [-0.2, -0.15) is 0 Å². The van der Waals surface area contributed by atoms with Gasteiger partial charge < -0.3 is 14.8 Å². The van der Waals surface area contributed by atoms with Crippen molar-refractivity contribution in [1.82, 2.24) is 5.32 Å². The zero-order valence-electron chi connectivity index (χ0n) is 12.2. The van der Waals surface area contributed by atoms with Crippen molar-refractivity contribution in [3.05, 3.63) is 56.1 Å². The number of hydrogen-bond acceptors (Lipinski definition) is 3. The summed E-state index contributed by atoms with van der Waals surface area (Å²) in [6, 6.07) is 10.8. The van der Waals surface area contributed by atoms with Crippen LogP contribution in [-0.4, -0.2) is 20.1 Å². The lowest BCUT2D eigenvalue weighted by Gasteiger charge is -2.12. The van der Waals surface area contributed by atoms with Crippen LogP contribution in [0.3, 0.4) is 0 Å². The molecule has 0 aromatic heterocycles. The number of carbonyl (C=O) groups is 1. The van der Waals surface area contributed by atoms with Gasteiger partial charge in [-0.1, -0.05) is 23.7 Å². The number of nitrogens with one attached hydrogen (secondary N) is 1. The van der Waals surface area contributed by atoms with Crippen molar-refractivity contribution in [2.24, 2.45) is 0 Å². The molecule has 0 atom stereocenters. The number of amides is 1. The van der Waals surface area contributed by atoms with Crippen molar-refractivity contribution >= 4 is 40.1 Å². The lowest BCUT2D eigenvalue weighted by Crippen LogP contribution is -2.23. The minimum Gasteiger partial charge on any atom is -0.493 e. The Morgan fingerprint density at radius 2 is 1.82 bits per heavy atom. The van der Waals surface area contributed by atoms with E-state index >= 15 is 0 Å². The van der Waals surface area contributed by atoms with Gasteiger partial charge >= 0.3 is 0 Å². The highest BCUT2D eigenvalue weighted by molar-refractivity contribution is 14.1. The highest BCUT2D eigenvalue weighted by Gasteiger charge is 2.12. The van der Waals surface area contributed by atoms with Gasteiger partial charge in [0.05, 0.1) is 19.8 Å². The van der Waals surface area contributed by atoms with Crippen LogP contribution in [0.15, 0.2) is 36.4 Å². The number of methoxy groups -OCH3 is 2. The summed E-state index contributed by atoms with van der Waals surface area (Å²) in [5.41, 5.74) is 1.40. The molecule has 6 heteroatoms. The number of halogens is 2. The molecule has 2 aromatic rings. The van der Waals surface area contributed by atoms with Crippen LogP contribution in [0.25, 0.3) is 0 Å². The molecular formula is C16H15ClINO3. The van der Waals surface area contributed by atoms with E-state index in [4.69, 9.17) is 21.1 Å². The maximum atomic E-state index is 12.2. The van der Waals surface area contributed by atoms with E-state index in [2.05, 4.69) is 27.9 Å². The van der Waals surface area contributed by atoms with Gasteiger partial charge in [0, 0.05) is 21.2 Å². The molecule has 2 aromatic carbocycles. The maximum absolute atomic E-state index is 12.2. The fourth-order valence-electron chi connectivity index (χ4n) is 1.95. The molecule has 1 N–H and O–H groups in total. The Hall–Kier alpha value is -1.47. The number of rotatable bonds is 5.